The van der Waals surface area contributed by atoms with Crippen LogP contribution in [0.15, 0.2) is 41.3 Å². The summed E-state index contributed by atoms with van der Waals surface area (Å²) in [6.07, 6.45) is 1.46. The molecular formula is C19H12ClFN2O5S. The Morgan fingerprint density at radius 3 is 2.76 bits per heavy atom. The number of carbonyl (C=O) groups is 3. The highest BCUT2D eigenvalue weighted by Crippen LogP contribution is 2.39. The summed E-state index contributed by atoms with van der Waals surface area (Å²) in [5.41, 5.74) is 0.704. The predicted molar refractivity (Wildman–Crippen MR) is 105 cm³/mol. The number of fused-ring (bicyclic) bond motifs is 1. The highest BCUT2D eigenvalue weighted by atomic mass is 35.5. The quantitative estimate of drug-likeness (QED) is 0.735. The fourth-order valence-corrected chi connectivity index (χ4v) is 3.77. The van der Waals surface area contributed by atoms with Crippen LogP contribution < -0.4 is 14.8 Å². The molecule has 0 spiro atoms. The zero-order chi connectivity index (χ0) is 20.5. The lowest BCUT2D eigenvalue weighted by Crippen LogP contribution is -2.36. The van der Waals surface area contributed by atoms with E-state index in [4.69, 9.17) is 21.1 Å². The highest BCUT2D eigenvalue weighted by Gasteiger charge is 2.36. The number of nitrogens with zero attached hydrogens (tertiary/aromatic N) is 1. The van der Waals surface area contributed by atoms with E-state index < -0.39 is 29.4 Å². The van der Waals surface area contributed by atoms with Gasteiger partial charge in [0, 0.05) is 11.8 Å². The molecule has 0 radical (unpaired) electrons. The van der Waals surface area contributed by atoms with Crippen LogP contribution in [0.1, 0.15) is 5.56 Å². The van der Waals surface area contributed by atoms with Gasteiger partial charge in [0.05, 0.1) is 9.93 Å². The van der Waals surface area contributed by atoms with Gasteiger partial charge in [0.1, 0.15) is 12.4 Å². The maximum atomic E-state index is 13.2. The van der Waals surface area contributed by atoms with Crippen molar-refractivity contribution in [2.75, 3.05) is 18.7 Å². The average molecular weight is 435 g/mol. The van der Waals surface area contributed by atoms with Crippen molar-refractivity contribution in [1.82, 2.24) is 4.90 Å². The molecule has 0 unspecified atom stereocenters. The molecule has 1 fully saturated rings. The summed E-state index contributed by atoms with van der Waals surface area (Å²) in [6, 6.07) is 8.46. The van der Waals surface area contributed by atoms with E-state index in [9.17, 15) is 18.8 Å². The monoisotopic (exact) mass is 434 g/mol. The van der Waals surface area contributed by atoms with Crippen LogP contribution in [0.3, 0.4) is 0 Å². The lowest BCUT2D eigenvalue weighted by Gasteiger charge is -2.12. The first kappa shape index (κ1) is 19.3. The fourth-order valence-electron chi connectivity index (χ4n) is 2.73. The van der Waals surface area contributed by atoms with E-state index in [1.54, 1.807) is 12.1 Å². The molecule has 148 valence electrons. The second-order valence-corrected chi connectivity index (χ2v) is 7.45. The number of hydrogen-bond acceptors (Lipinski definition) is 6. The van der Waals surface area contributed by atoms with Gasteiger partial charge in [-0.25, -0.2) is 4.39 Å². The molecule has 29 heavy (non-hydrogen) atoms. The van der Waals surface area contributed by atoms with Crippen molar-refractivity contribution in [3.05, 3.63) is 57.7 Å². The average Bonchev–Trinajstić information content (AvgIpc) is 3.21. The summed E-state index contributed by atoms with van der Waals surface area (Å²) in [5, 5.41) is 2.18. The zero-order valence-corrected chi connectivity index (χ0v) is 16.2. The summed E-state index contributed by atoms with van der Waals surface area (Å²) in [6.45, 7) is -0.417. The molecule has 0 saturated carbocycles. The number of thioether (sulfide) groups is 1. The summed E-state index contributed by atoms with van der Waals surface area (Å²) in [4.78, 5) is 37.9. The van der Waals surface area contributed by atoms with Crippen molar-refractivity contribution in [2.24, 2.45) is 0 Å². The number of amides is 3. The minimum atomic E-state index is -0.625. The smallest absolute Gasteiger partial charge is 0.294 e. The number of hydrogen-bond donors (Lipinski definition) is 1. The normalized spacial score (nSPS) is 16.6. The largest absolute Gasteiger partial charge is 0.454 e. The highest BCUT2D eigenvalue weighted by molar-refractivity contribution is 8.18. The van der Waals surface area contributed by atoms with Gasteiger partial charge in [0.15, 0.2) is 11.5 Å². The summed E-state index contributed by atoms with van der Waals surface area (Å²) in [5.74, 6) is -0.787. The lowest BCUT2D eigenvalue weighted by atomic mass is 10.2. The van der Waals surface area contributed by atoms with E-state index in [1.165, 1.54) is 24.3 Å². The minimum absolute atomic E-state index is 0.0755. The molecule has 1 N–H and O–H groups in total. The molecule has 1 saturated heterocycles. The Morgan fingerprint density at radius 2 is 2.00 bits per heavy atom. The second-order valence-electron chi connectivity index (χ2n) is 6.05. The number of halogens is 2. The van der Waals surface area contributed by atoms with Gasteiger partial charge >= 0.3 is 0 Å². The van der Waals surface area contributed by atoms with E-state index in [0.29, 0.717) is 33.8 Å². The van der Waals surface area contributed by atoms with Crippen molar-refractivity contribution in [3.8, 4) is 11.5 Å². The molecule has 2 heterocycles. The zero-order valence-electron chi connectivity index (χ0n) is 14.6. The van der Waals surface area contributed by atoms with Gasteiger partial charge in [-0.2, -0.15) is 0 Å². The third kappa shape index (κ3) is 4.06. The molecule has 0 aliphatic carbocycles. The Morgan fingerprint density at radius 1 is 1.24 bits per heavy atom. The van der Waals surface area contributed by atoms with Crippen LogP contribution in [0.5, 0.6) is 11.5 Å². The number of nitrogens with one attached hydrogen (secondary N) is 1. The van der Waals surface area contributed by atoms with E-state index in [0.717, 1.165) is 11.0 Å². The van der Waals surface area contributed by atoms with Gasteiger partial charge in [-0.1, -0.05) is 17.7 Å². The SMILES string of the molecule is O=C(CN1C(=O)S/C(=C/c2cc3c(cc2Cl)OCO3)C1=O)Nc1cccc(F)c1. The minimum Gasteiger partial charge on any atom is -0.454 e. The van der Waals surface area contributed by atoms with Crippen LogP contribution in [0, 0.1) is 5.82 Å². The van der Waals surface area contributed by atoms with E-state index in [-0.39, 0.29) is 17.4 Å². The second kappa shape index (κ2) is 7.76. The van der Waals surface area contributed by atoms with E-state index in [1.807, 2.05) is 0 Å². The van der Waals surface area contributed by atoms with Crippen molar-refractivity contribution in [3.63, 3.8) is 0 Å². The van der Waals surface area contributed by atoms with Gasteiger partial charge < -0.3 is 14.8 Å². The maximum Gasteiger partial charge on any atom is 0.294 e. The van der Waals surface area contributed by atoms with Crippen LogP contribution in [-0.2, 0) is 9.59 Å². The van der Waals surface area contributed by atoms with Crippen molar-refractivity contribution in [1.29, 1.82) is 0 Å². The molecular weight excluding hydrogens is 423 g/mol. The van der Waals surface area contributed by atoms with Gasteiger partial charge in [-0.15, -0.1) is 0 Å². The standard InChI is InChI=1S/C19H12ClFN2O5S/c20-13-7-15-14(27-9-28-15)4-10(13)5-16-18(25)23(19(26)29-16)8-17(24)22-12-3-1-2-11(21)6-12/h1-7H,8-9H2,(H,22,24)/b16-5+. The van der Waals surface area contributed by atoms with E-state index in [2.05, 4.69) is 5.32 Å². The Bertz CT molecular complexity index is 1070. The molecule has 10 heteroatoms. The van der Waals surface area contributed by atoms with Crippen molar-refractivity contribution >= 4 is 52.2 Å². The molecule has 7 nitrogen and oxygen atoms in total. The fraction of sp³-hybridized carbons (Fsp3) is 0.105. The Labute approximate surface area is 173 Å². The first-order valence-corrected chi connectivity index (χ1v) is 9.50. The molecule has 2 aliphatic heterocycles. The summed E-state index contributed by atoms with van der Waals surface area (Å²) in [7, 11) is 0. The predicted octanol–water partition coefficient (Wildman–Crippen LogP) is 3.88. The number of rotatable bonds is 4. The van der Waals surface area contributed by atoms with Gasteiger partial charge in [0.25, 0.3) is 11.1 Å². The van der Waals surface area contributed by atoms with Crippen LogP contribution >= 0.6 is 23.4 Å². The number of carbonyl (C=O) groups excluding carboxylic acids is 3. The van der Waals surface area contributed by atoms with Crippen molar-refractivity contribution < 1.29 is 28.2 Å². The molecule has 3 amide bonds. The number of ether oxygens (including phenoxy) is 2. The Balaban J connectivity index is 1.49. The van der Waals surface area contributed by atoms with Crippen LogP contribution in [0.4, 0.5) is 14.9 Å². The Kier molecular flexibility index (Phi) is 5.16. The van der Waals surface area contributed by atoms with Crippen LogP contribution in [-0.4, -0.2) is 35.3 Å². The first-order chi connectivity index (χ1) is 13.9. The lowest BCUT2D eigenvalue weighted by molar-refractivity contribution is -0.127. The molecule has 4 rings (SSSR count). The first-order valence-electron chi connectivity index (χ1n) is 8.30. The third-order valence-corrected chi connectivity index (χ3v) is 5.30. The molecule has 0 bridgehead atoms. The van der Waals surface area contributed by atoms with Crippen LogP contribution in [0.25, 0.3) is 6.08 Å². The summed E-state index contributed by atoms with van der Waals surface area (Å²) >= 11 is 6.90. The number of imide groups is 1. The van der Waals surface area contributed by atoms with Crippen molar-refractivity contribution in [2.45, 2.75) is 0 Å². The van der Waals surface area contributed by atoms with Gasteiger partial charge in [-0.3, -0.25) is 19.3 Å². The van der Waals surface area contributed by atoms with E-state index >= 15 is 0 Å². The topological polar surface area (TPSA) is 84.9 Å². The Hall–Kier alpha value is -3.04. The molecule has 2 aromatic carbocycles. The molecule has 2 aliphatic rings. The number of benzene rings is 2. The summed E-state index contributed by atoms with van der Waals surface area (Å²) < 4.78 is 23.7. The molecule has 2 aromatic rings. The molecule has 0 aromatic heterocycles. The van der Waals surface area contributed by atoms with Gasteiger partial charge in [0.2, 0.25) is 12.7 Å². The van der Waals surface area contributed by atoms with Crippen LogP contribution in [0.2, 0.25) is 5.02 Å². The van der Waals surface area contributed by atoms with Gasteiger partial charge in [-0.05, 0) is 47.7 Å². The molecule has 0 atom stereocenters. The third-order valence-electron chi connectivity index (χ3n) is 4.06. The number of anilines is 1. The maximum absolute atomic E-state index is 13.2.